The molecule has 1 aliphatic rings. The summed E-state index contributed by atoms with van der Waals surface area (Å²) in [6.07, 6.45) is 1.37. The van der Waals surface area contributed by atoms with Crippen molar-refractivity contribution in [3.05, 3.63) is 71.0 Å². The first-order valence-corrected chi connectivity index (χ1v) is 11.5. The molecule has 4 rings (SSSR count). The Labute approximate surface area is 190 Å². The Kier molecular flexibility index (Phi) is 6.80. The lowest BCUT2D eigenvalue weighted by Crippen LogP contribution is -2.46. The van der Waals surface area contributed by atoms with Crippen LogP contribution in [0.3, 0.4) is 0 Å². The number of carbonyl (C=O) groups excluding carboxylic acids is 2. The van der Waals surface area contributed by atoms with E-state index in [1.165, 1.54) is 23.5 Å². The summed E-state index contributed by atoms with van der Waals surface area (Å²) in [7, 11) is 0. The zero-order chi connectivity index (χ0) is 22.5. The number of amides is 2. The maximum atomic E-state index is 13.1. The number of nitrogens with one attached hydrogen (secondary N) is 1. The van der Waals surface area contributed by atoms with Crippen molar-refractivity contribution in [1.29, 1.82) is 0 Å². The molecule has 32 heavy (non-hydrogen) atoms. The minimum Gasteiger partial charge on any atom is -0.494 e. The number of rotatable bonds is 6. The van der Waals surface area contributed by atoms with Crippen LogP contribution in [0, 0.1) is 5.82 Å². The molecule has 166 valence electrons. The summed E-state index contributed by atoms with van der Waals surface area (Å²) in [4.78, 5) is 31.6. The van der Waals surface area contributed by atoms with E-state index in [0.717, 1.165) is 11.3 Å². The molecule has 0 bridgehead atoms. The van der Waals surface area contributed by atoms with Crippen LogP contribution in [0.5, 0.6) is 5.75 Å². The molecular weight excluding hydrogens is 429 g/mol. The van der Waals surface area contributed by atoms with E-state index in [-0.39, 0.29) is 23.7 Å². The highest BCUT2D eigenvalue weighted by atomic mass is 32.1. The Bertz CT molecular complexity index is 1070. The van der Waals surface area contributed by atoms with Crippen molar-refractivity contribution in [3.8, 4) is 16.3 Å². The van der Waals surface area contributed by atoms with Gasteiger partial charge in [-0.15, -0.1) is 11.3 Å². The monoisotopic (exact) mass is 453 g/mol. The lowest BCUT2D eigenvalue weighted by molar-refractivity contribution is 0.0697. The second-order valence-electron chi connectivity index (χ2n) is 7.54. The van der Waals surface area contributed by atoms with Crippen LogP contribution in [0.25, 0.3) is 10.6 Å². The number of hydrogen-bond acceptors (Lipinski definition) is 5. The number of benzene rings is 2. The van der Waals surface area contributed by atoms with Gasteiger partial charge in [0.25, 0.3) is 11.8 Å². The molecule has 2 heterocycles. The van der Waals surface area contributed by atoms with Crippen LogP contribution >= 0.6 is 11.3 Å². The second kappa shape index (κ2) is 9.91. The fourth-order valence-corrected chi connectivity index (χ4v) is 4.44. The molecule has 0 saturated carbocycles. The number of halogens is 1. The Morgan fingerprint density at radius 3 is 2.47 bits per heavy atom. The number of nitrogens with zero attached hydrogens (tertiary/aromatic N) is 2. The van der Waals surface area contributed by atoms with E-state index in [2.05, 4.69) is 10.3 Å². The van der Waals surface area contributed by atoms with Crippen LogP contribution in [0.4, 0.5) is 4.39 Å². The smallest absolute Gasteiger partial charge is 0.270 e. The van der Waals surface area contributed by atoms with E-state index in [4.69, 9.17) is 4.74 Å². The van der Waals surface area contributed by atoms with E-state index < -0.39 is 0 Å². The van der Waals surface area contributed by atoms with Gasteiger partial charge in [-0.3, -0.25) is 9.59 Å². The molecule has 1 N–H and O–H groups in total. The summed E-state index contributed by atoms with van der Waals surface area (Å²) >= 11 is 1.35. The fraction of sp³-hybridized carbons (Fsp3) is 0.292. The summed E-state index contributed by atoms with van der Waals surface area (Å²) < 4.78 is 18.5. The van der Waals surface area contributed by atoms with Gasteiger partial charge in [-0.05, 0) is 68.3 Å². The number of hydrogen-bond donors (Lipinski definition) is 1. The van der Waals surface area contributed by atoms with Crippen LogP contribution in [-0.2, 0) is 0 Å². The van der Waals surface area contributed by atoms with E-state index >= 15 is 0 Å². The van der Waals surface area contributed by atoms with Gasteiger partial charge in [-0.2, -0.15) is 0 Å². The van der Waals surface area contributed by atoms with Gasteiger partial charge in [-0.1, -0.05) is 0 Å². The van der Waals surface area contributed by atoms with E-state index in [9.17, 15) is 14.0 Å². The second-order valence-corrected chi connectivity index (χ2v) is 8.40. The first kappa shape index (κ1) is 22.0. The van der Waals surface area contributed by atoms with Crippen molar-refractivity contribution in [3.63, 3.8) is 0 Å². The van der Waals surface area contributed by atoms with Crippen molar-refractivity contribution in [2.45, 2.75) is 25.8 Å². The summed E-state index contributed by atoms with van der Waals surface area (Å²) in [5.74, 6) is 0.192. The molecule has 2 aromatic carbocycles. The van der Waals surface area contributed by atoms with E-state index in [0.29, 0.717) is 48.8 Å². The maximum Gasteiger partial charge on any atom is 0.270 e. The van der Waals surface area contributed by atoms with E-state index in [1.807, 2.05) is 11.8 Å². The number of thiazole rings is 1. The number of likely N-dealkylation sites (tertiary alicyclic amines) is 1. The standard InChI is InChI=1S/C24H24FN3O3S/c1-2-31-20-9-5-17(6-10-20)24(30)28-13-11-19(12-14-28)26-22(29)21-15-32-23(27-21)16-3-7-18(25)8-4-16/h3-10,15,19H,2,11-14H2,1H3,(H,26,29). The molecule has 2 amide bonds. The average molecular weight is 454 g/mol. The van der Waals surface area contributed by atoms with Gasteiger partial charge in [-0.25, -0.2) is 9.37 Å². The van der Waals surface area contributed by atoms with Gasteiger partial charge in [0, 0.05) is 35.6 Å². The zero-order valence-corrected chi connectivity index (χ0v) is 18.5. The third-order valence-corrected chi connectivity index (χ3v) is 6.25. The third kappa shape index (κ3) is 5.13. The normalized spacial score (nSPS) is 14.2. The van der Waals surface area contributed by atoms with Gasteiger partial charge < -0.3 is 15.0 Å². The number of carbonyl (C=O) groups is 2. The van der Waals surface area contributed by atoms with Gasteiger partial charge in [0.15, 0.2) is 0 Å². The predicted octanol–water partition coefficient (Wildman–Crippen LogP) is 4.38. The fourth-order valence-electron chi connectivity index (χ4n) is 3.63. The van der Waals surface area contributed by atoms with Gasteiger partial charge in [0.05, 0.1) is 6.61 Å². The molecule has 0 unspecified atom stereocenters. The molecule has 0 atom stereocenters. The molecule has 1 aromatic heterocycles. The van der Waals surface area contributed by atoms with E-state index in [1.54, 1.807) is 41.8 Å². The summed E-state index contributed by atoms with van der Waals surface area (Å²) in [5.41, 5.74) is 1.76. The number of ether oxygens (including phenoxy) is 1. The molecule has 0 spiro atoms. The van der Waals surface area contributed by atoms with Crippen molar-refractivity contribution < 1.29 is 18.7 Å². The Morgan fingerprint density at radius 1 is 1.12 bits per heavy atom. The summed E-state index contributed by atoms with van der Waals surface area (Å²) in [6.45, 7) is 3.66. The summed E-state index contributed by atoms with van der Waals surface area (Å²) in [5, 5.41) is 5.40. The van der Waals surface area contributed by atoms with Crippen molar-refractivity contribution >= 4 is 23.2 Å². The van der Waals surface area contributed by atoms with Crippen LogP contribution in [-0.4, -0.2) is 47.4 Å². The Morgan fingerprint density at radius 2 is 1.81 bits per heavy atom. The zero-order valence-electron chi connectivity index (χ0n) is 17.7. The highest BCUT2D eigenvalue weighted by Gasteiger charge is 2.25. The Balaban J connectivity index is 1.29. The van der Waals surface area contributed by atoms with Gasteiger partial charge >= 0.3 is 0 Å². The summed E-state index contributed by atoms with van der Waals surface area (Å²) in [6, 6.07) is 13.2. The van der Waals surface area contributed by atoms with Crippen LogP contribution in [0.1, 0.15) is 40.6 Å². The topological polar surface area (TPSA) is 71.5 Å². The minimum absolute atomic E-state index is 0.0112. The largest absolute Gasteiger partial charge is 0.494 e. The lowest BCUT2D eigenvalue weighted by Gasteiger charge is -2.32. The molecule has 6 nitrogen and oxygen atoms in total. The minimum atomic E-state index is -0.310. The molecule has 1 fully saturated rings. The van der Waals surface area contributed by atoms with Crippen molar-refractivity contribution in [1.82, 2.24) is 15.2 Å². The SMILES string of the molecule is CCOc1ccc(C(=O)N2CCC(NC(=O)c3csc(-c4ccc(F)cc4)n3)CC2)cc1. The van der Waals surface area contributed by atoms with Gasteiger partial charge in [0.1, 0.15) is 22.3 Å². The molecule has 8 heteroatoms. The highest BCUT2D eigenvalue weighted by molar-refractivity contribution is 7.13. The molecular formula is C24H24FN3O3S. The first-order chi connectivity index (χ1) is 15.5. The third-order valence-electron chi connectivity index (χ3n) is 5.36. The number of piperidine rings is 1. The van der Waals surface area contributed by atoms with Crippen molar-refractivity contribution in [2.75, 3.05) is 19.7 Å². The maximum absolute atomic E-state index is 13.1. The van der Waals surface area contributed by atoms with Crippen LogP contribution < -0.4 is 10.1 Å². The highest BCUT2D eigenvalue weighted by Crippen LogP contribution is 2.24. The van der Waals surface area contributed by atoms with Gasteiger partial charge in [0.2, 0.25) is 0 Å². The van der Waals surface area contributed by atoms with Crippen LogP contribution in [0.15, 0.2) is 53.9 Å². The molecule has 0 radical (unpaired) electrons. The number of aromatic nitrogens is 1. The first-order valence-electron chi connectivity index (χ1n) is 10.6. The quantitative estimate of drug-likeness (QED) is 0.601. The molecule has 1 aliphatic heterocycles. The average Bonchev–Trinajstić information content (AvgIpc) is 3.31. The lowest BCUT2D eigenvalue weighted by atomic mass is 10.0. The van der Waals surface area contributed by atoms with Crippen molar-refractivity contribution in [2.24, 2.45) is 0 Å². The molecule has 1 saturated heterocycles. The molecule has 0 aliphatic carbocycles. The van der Waals surface area contributed by atoms with Crippen LogP contribution in [0.2, 0.25) is 0 Å². The predicted molar refractivity (Wildman–Crippen MR) is 122 cm³/mol. The Hall–Kier alpha value is -3.26. The molecule has 3 aromatic rings.